The number of carbonyl (C=O) groups excluding carboxylic acids is 1. The summed E-state index contributed by atoms with van der Waals surface area (Å²) in [5.41, 5.74) is 0. The number of rotatable bonds is 6. The lowest BCUT2D eigenvalue weighted by Crippen LogP contribution is -2.29. The van der Waals surface area contributed by atoms with Crippen LogP contribution in [-0.4, -0.2) is 17.8 Å². The summed E-state index contributed by atoms with van der Waals surface area (Å²) < 4.78 is 0. The van der Waals surface area contributed by atoms with E-state index in [1.165, 1.54) is 0 Å². The molecule has 2 atom stereocenters. The largest absolute Gasteiger partial charge is 0.356 e. The van der Waals surface area contributed by atoms with Crippen molar-refractivity contribution in [2.24, 2.45) is 11.8 Å². The van der Waals surface area contributed by atoms with Crippen LogP contribution in [0.3, 0.4) is 0 Å². The van der Waals surface area contributed by atoms with Crippen LogP contribution in [0.25, 0.3) is 0 Å². The highest BCUT2D eigenvalue weighted by Crippen LogP contribution is 2.05. The summed E-state index contributed by atoms with van der Waals surface area (Å²) >= 11 is 3.38. The van der Waals surface area contributed by atoms with Crippen LogP contribution in [-0.2, 0) is 4.79 Å². The summed E-state index contributed by atoms with van der Waals surface area (Å²) in [7, 11) is 0. The van der Waals surface area contributed by atoms with Gasteiger partial charge < -0.3 is 5.32 Å². The quantitative estimate of drug-likeness (QED) is 0.721. The molecule has 3 heteroatoms. The van der Waals surface area contributed by atoms with E-state index in [1.807, 2.05) is 0 Å². The van der Waals surface area contributed by atoms with E-state index in [0.29, 0.717) is 18.3 Å². The van der Waals surface area contributed by atoms with Gasteiger partial charge in [0.15, 0.2) is 0 Å². The lowest BCUT2D eigenvalue weighted by atomic mass is 10.0. The molecule has 78 valence electrons. The molecule has 0 radical (unpaired) electrons. The van der Waals surface area contributed by atoms with Crippen LogP contribution in [0.15, 0.2) is 0 Å². The van der Waals surface area contributed by atoms with Crippen molar-refractivity contribution >= 4 is 21.8 Å². The molecule has 0 aromatic heterocycles. The Hall–Kier alpha value is -0.0500. The van der Waals surface area contributed by atoms with Crippen LogP contribution in [0.5, 0.6) is 0 Å². The van der Waals surface area contributed by atoms with Crippen LogP contribution in [0.1, 0.15) is 33.6 Å². The summed E-state index contributed by atoms with van der Waals surface area (Å²) in [6.45, 7) is 7.10. The number of carbonyl (C=O) groups is 1. The van der Waals surface area contributed by atoms with Crippen LogP contribution in [0.2, 0.25) is 0 Å². The minimum absolute atomic E-state index is 0.183. The molecule has 13 heavy (non-hydrogen) atoms. The predicted molar refractivity (Wildman–Crippen MR) is 60.0 cm³/mol. The monoisotopic (exact) mass is 249 g/mol. The van der Waals surface area contributed by atoms with Crippen molar-refractivity contribution in [1.29, 1.82) is 0 Å². The molecule has 1 N–H and O–H groups in total. The van der Waals surface area contributed by atoms with Gasteiger partial charge in [-0.25, -0.2) is 0 Å². The highest BCUT2D eigenvalue weighted by molar-refractivity contribution is 9.09. The highest BCUT2D eigenvalue weighted by Gasteiger charge is 2.07. The Morgan fingerprint density at radius 3 is 2.46 bits per heavy atom. The third kappa shape index (κ3) is 7.05. The second-order valence-electron chi connectivity index (χ2n) is 3.78. The minimum atomic E-state index is 0.183. The average Bonchev–Trinajstić information content (AvgIpc) is 2.13. The van der Waals surface area contributed by atoms with Gasteiger partial charge >= 0.3 is 0 Å². The fraction of sp³-hybridized carbons (Fsp3) is 0.900. The lowest BCUT2D eigenvalue weighted by molar-refractivity contribution is -0.122. The van der Waals surface area contributed by atoms with Gasteiger partial charge in [0, 0.05) is 18.3 Å². The summed E-state index contributed by atoms with van der Waals surface area (Å²) in [5.74, 6) is 1.20. The maximum Gasteiger partial charge on any atom is 0.220 e. The topological polar surface area (TPSA) is 29.1 Å². The van der Waals surface area contributed by atoms with Gasteiger partial charge in [-0.3, -0.25) is 4.79 Å². The Morgan fingerprint density at radius 2 is 2.00 bits per heavy atom. The van der Waals surface area contributed by atoms with Crippen molar-refractivity contribution in [3.8, 4) is 0 Å². The smallest absolute Gasteiger partial charge is 0.220 e. The number of hydrogen-bond acceptors (Lipinski definition) is 1. The van der Waals surface area contributed by atoms with Crippen LogP contribution >= 0.6 is 15.9 Å². The van der Waals surface area contributed by atoms with Gasteiger partial charge in [0.2, 0.25) is 5.91 Å². The average molecular weight is 250 g/mol. The number of hydrogen-bond donors (Lipinski definition) is 1. The summed E-state index contributed by atoms with van der Waals surface area (Å²) in [5, 5.41) is 3.87. The van der Waals surface area contributed by atoms with Crippen LogP contribution in [0, 0.1) is 11.8 Å². The number of alkyl halides is 1. The summed E-state index contributed by atoms with van der Waals surface area (Å²) in [6, 6.07) is 0. The summed E-state index contributed by atoms with van der Waals surface area (Å²) in [6.07, 6.45) is 1.73. The Morgan fingerprint density at radius 1 is 1.38 bits per heavy atom. The first-order valence-corrected chi connectivity index (χ1v) is 6.04. The van der Waals surface area contributed by atoms with Gasteiger partial charge in [-0.05, 0) is 11.8 Å². The highest BCUT2D eigenvalue weighted by atomic mass is 79.9. The molecule has 2 unspecified atom stereocenters. The molecule has 0 heterocycles. The normalized spacial score (nSPS) is 15.1. The van der Waals surface area contributed by atoms with E-state index in [9.17, 15) is 4.79 Å². The second-order valence-corrected chi connectivity index (χ2v) is 4.43. The molecule has 0 bridgehead atoms. The zero-order valence-electron chi connectivity index (χ0n) is 8.77. The van der Waals surface area contributed by atoms with E-state index in [2.05, 4.69) is 42.0 Å². The molecule has 0 saturated carbocycles. The van der Waals surface area contributed by atoms with Crippen molar-refractivity contribution in [1.82, 2.24) is 5.32 Å². The molecule has 0 spiro atoms. The Labute approximate surface area is 89.6 Å². The third-order valence-electron chi connectivity index (χ3n) is 2.14. The molecule has 0 aliphatic rings. The van der Waals surface area contributed by atoms with Crippen molar-refractivity contribution < 1.29 is 4.79 Å². The van der Waals surface area contributed by atoms with E-state index in [0.717, 1.165) is 18.3 Å². The molecule has 2 nitrogen and oxygen atoms in total. The molecule has 0 saturated heterocycles. The van der Waals surface area contributed by atoms with Gasteiger partial charge in [0.1, 0.15) is 0 Å². The maximum absolute atomic E-state index is 11.3. The van der Waals surface area contributed by atoms with E-state index in [1.54, 1.807) is 0 Å². The fourth-order valence-electron chi connectivity index (χ4n) is 0.876. The van der Waals surface area contributed by atoms with E-state index in [4.69, 9.17) is 0 Å². The molecule has 0 aromatic rings. The number of halogens is 1. The number of amides is 1. The Kier molecular flexibility index (Phi) is 7.33. The van der Waals surface area contributed by atoms with Crippen LogP contribution < -0.4 is 5.32 Å². The SMILES string of the molecule is CCC(C)CC(=O)NCC(C)CBr. The van der Waals surface area contributed by atoms with Crippen LogP contribution in [0.4, 0.5) is 0 Å². The maximum atomic E-state index is 11.3. The van der Waals surface area contributed by atoms with E-state index in [-0.39, 0.29) is 5.91 Å². The van der Waals surface area contributed by atoms with Gasteiger partial charge in [-0.1, -0.05) is 43.1 Å². The van der Waals surface area contributed by atoms with Crippen molar-refractivity contribution in [3.63, 3.8) is 0 Å². The third-order valence-corrected chi connectivity index (χ3v) is 3.25. The van der Waals surface area contributed by atoms with Crippen molar-refractivity contribution in [2.75, 3.05) is 11.9 Å². The Balaban J connectivity index is 3.51. The number of nitrogens with one attached hydrogen (secondary N) is 1. The van der Waals surface area contributed by atoms with E-state index >= 15 is 0 Å². The second kappa shape index (κ2) is 7.36. The first-order valence-electron chi connectivity index (χ1n) is 4.92. The van der Waals surface area contributed by atoms with Gasteiger partial charge in [0.05, 0.1) is 0 Å². The predicted octanol–water partition coefficient (Wildman–Crippen LogP) is 2.57. The molecule has 0 fully saturated rings. The molecular weight excluding hydrogens is 230 g/mol. The van der Waals surface area contributed by atoms with Crippen molar-refractivity contribution in [2.45, 2.75) is 33.6 Å². The Bertz CT molecular complexity index is 150. The molecule has 1 amide bonds. The summed E-state index contributed by atoms with van der Waals surface area (Å²) in [4.78, 5) is 11.3. The van der Waals surface area contributed by atoms with Gasteiger partial charge in [0.25, 0.3) is 0 Å². The molecule has 0 aliphatic heterocycles. The lowest BCUT2D eigenvalue weighted by Gasteiger charge is -2.11. The van der Waals surface area contributed by atoms with Gasteiger partial charge in [-0.2, -0.15) is 0 Å². The fourth-order valence-corrected chi connectivity index (χ4v) is 1.10. The molecule has 0 aliphatic carbocycles. The molecular formula is C10H20BrNO. The first-order chi connectivity index (χ1) is 6.10. The van der Waals surface area contributed by atoms with E-state index < -0.39 is 0 Å². The molecule has 0 aromatic carbocycles. The first kappa shape index (κ1) is 12.9. The zero-order valence-corrected chi connectivity index (χ0v) is 10.4. The van der Waals surface area contributed by atoms with Crippen molar-refractivity contribution in [3.05, 3.63) is 0 Å². The molecule has 0 rings (SSSR count). The van der Waals surface area contributed by atoms with Gasteiger partial charge in [-0.15, -0.1) is 0 Å². The standard InChI is InChI=1S/C10H20BrNO/c1-4-8(2)5-10(13)12-7-9(3)6-11/h8-9H,4-7H2,1-3H3,(H,12,13). The zero-order chi connectivity index (χ0) is 10.3. The minimum Gasteiger partial charge on any atom is -0.356 e.